The number of hydrogen-bond acceptors (Lipinski definition) is 6. The topological polar surface area (TPSA) is 97.3 Å². The monoisotopic (exact) mass is 481 g/mol. The third kappa shape index (κ3) is 5.74. The summed E-state index contributed by atoms with van der Waals surface area (Å²) in [5.74, 6) is 0.537. The van der Waals surface area contributed by atoms with Crippen molar-refractivity contribution < 1.29 is 22.7 Å². The minimum atomic E-state index is -3.99. The summed E-state index contributed by atoms with van der Waals surface area (Å²) in [4.78, 5) is 12.8. The lowest BCUT2D eigenvalue weighted by atomic mass is 10.1. The summed E-state index contributed by atoms with van der Waals surface area (Å²) in [7, 11) is -0.924. The molecule has 0 radical (unpaired) electrons. The average molecular weight is 482 g/mol. The number of anilines is 1. The smallest absolute Gasteiger partial charge is 0.264 e. The molecule has 34 heavy (non-hydrogen) atoms. The van der Waals surface area contributed by atoms with E-state index in [0.29, 0.717) is 22.7 Å². The summed E-state index contributed by atoms with van der Waals surface area (Å²) in [6, 6.07) is 18.4. The number of ether oxygens (including phenoxy) is 2. The Morgan fingerprint density at radius 3 is 2.35 bits per heavy atom. The predicted molar refractivity (Wildman–Crippen MR) is 132 cm³/mol. The van der Waals surface area contributed by atoms with Crippen molar-refractivity contribution in [2.24, 2.45) is 5.10 Å². The molecule has 0 atom stereocenters. The number of hydrogen-bond donors (Lipinski definition) is 1. The second-order valence-electron chi connectivity index (χ2n) is 7.49. The number of methoxy groups -OCH3 is 2. The predicted octanol–water partition coefficient (Wildman–Crippen LogP) is 3.67. The minimum Gasteiger partial charge on any atom is -0.497 e. The molecule has 0 fully saturated rings. The number of carbonyl (C=O) groups excluding carboxylic acids is 1. The fourth-order valence-electron chi connectivity index (χ4n) is 3.18. The number of benzene rings is 3. The number of rotatable bonds is 9. The number of nitrogens with zero attached hydrogens (tertiary/aromatic N) is 2. The molecule has 178 valence electrons. The van der Waals surface area contributed by atoms with E-state index in [1.807, 2.05) is 19.9 Å². The Kier molecular flexibility index (Phi) is 7.91. The van der Waals surface area contributed by atoms with Crippen molar-refractivity contribution in [1.82, 2.24) is 5.43 Å². The van der Waals surface area contributed by atoms with Crippen LogP contribution in [0.25, 0.3) is 0 Å². The molecule has 0 saturated heterocycles. The van der Waals surface area contributed by atoms with Crippen LogP contribution >= 0.6 is 0 Å². The van der Waals surface area contributed by atoms with Crippen LogP contribution in [-0.2, 0) is 14.8 Å². The number of carbonyl (C=O) groups is 1. The van der Waals surface area contributed by atoms with Crippen LogP contribution in [0.15, 0.2) is 76.7 Å². The van der Waals surface area contributed by atoms with Crippen LogP contribution in [-0.4, -0.2) is 41.3 Å². The van der Waals surface area contributed by atoms with Crippen molar-refractivity contribution >= 4 is 27.8 Å². The summed E-state index contributed by atoms with van der Waals surface area (Å²) < 4.78 is 38.3. The summed E-state index contributed by atoms with van der Waals surface area (Å²) in [6.07, 6.45) is 1.42. The Morgan fingerprint density at radius 1 is 0.971 bits per heavy atom. The maximum atomic E-state index is 13.4. The lowest BCUT2D eigenvalue weighted by Gasteiger charge is -2.24. The van der Waals surface area contributed by atoms with Gasteiger partial charge in [-0.3, -0.25) is 9.10 Å². The van der Waals surface area contributed by atoms with E-state index in [4.69, 9.17) is 9.47 Å². The maximum absolute atomic E-state index is 13.4. The van der Waals surface area contributed by atoms with Gasteiger partial charge in [-0.05, 0) is 61.4 Å². The molecule has 0 unspecified atom stereocenters. The summed E-state index contributed by atoms with van der Waals surface area (Å²) in [5.41, 5.74) is 5.34. The van der Waals surface area contributed by atoms with Gasteiger partial charge >= 0.3 is 0 Å². The molecule has 1 amide bonds. The quantitative estimate of drug-likeness (QED) is 0.372. The summed E-state index contributed by atoms with van der Waals surface area (Å²) in [6.45, 7) is 3.37. The molecular formula is C25H27N3O5S. The first kappa shape index (κ1) is 24.8. The highest BCUT2D eigenvalue weighted by atomic mass is 32.2. The molecule has 0 aliphatic heterocycles. The Bertz CT molecular complexity index is 1290. The van der Waals surface area contributed by atoms with Crippen molar-refractivity contribution in [3.05, 3.63) is 83.4 Å². The van der Waals surface area contributed by atoms with Gasteiger partial charge in [0.2, 0.25) is 0 Å². The van der Waals surface area contributed by atoms with Gasteiger partial charge in [0, 0.05) is 11.6 Å². The average Bonchev–Trinajstić information content (AvgIpc) is 2.85. The molecule has 0 spiro atoms. The van der Waals surface area contributed by atoms with Gasteiger partial charge in [0.05, 0.1) is 31.0 Å². The lowest BCUT2D eigenvalue weighted by Crippen LogP contribution is -2.39. The zero-order chi connectivity index (χ0) is 24.7. The molecule has 8 nitrogen and oxygen atoms in total. The molecule has 3 aromatic carbocycles. The molecule has 0 aromatic heterocycles. The van der Waals surface area contributed by atoms with Gasteiger partial charge < -0.3 is 9.47 Å². The molecule has 0 bridgehead atoms. The van der Waals surface area contributed by atoms with E-state index in [9.17, 15) is 13.2 Å². The number of amides is 1. The van der Waals surface area contributed by atoms with Gasteiger partial charge in [-0.25, -0.2) is 13.8 Å². The summed E-state index contributed by atoms with van der Waals surface area (Å²) in [5, 5.41) is 3.97. The Morgan fingerprint density at radius 2 is 1.71 bits per heavy atom. The van der Waals surface area contributed by atoms with E-state index < -0.39 is 22.5 Å². The van der Waals surface area contributed by atoms with Crippen molar-refractivity contribution in [3.63, 3.8) is 0 Å². The van der Waals surface area contributed by atoms with E-state index in [1.54, 1.807) is 55.6 Å². The molecule has 9 heteroatoms. The van der Waals surface area contributed by atoms with Gasteiger partial charge in [0.1, 0.15) is 18.0 Å². The van der Waals surface area contributed by atoms with Crippen LogP contribution in [0.4, 0.5) is 5.69 Å². The van der Waals surface area contributed by atoms with Crippen LogP contribution in [0, 0.1) is 13.8 Å². The normalized spacial score (nSPS) is 11.3. The molecule has 3 rings (SSSR count). The molecule has 3 aromatic rings. The van der Waals surface area contributed by atoms with Crippen LogP contribution in [0.3, 0.4) is 0 Å². The van der Waals surface area contributed by atoms with E-state index >= 15 is 0 Å². The van der Waals surface area contributed by atoms with Crippen LogP contribution in [0.5, 0.6) is 11.5 Å². The van der Waals surface area contributed by atoms with Crippen LogP contribution < -0.4 is 19.2 Å². The van der Waals surface area contributed by atoms with Crippen molar-refractivity contribution in [3.8, 4) is 11.5 Å². The first-order chi connectivity index (χ1) is 16.3. The van der Waals surface area contributed by atoms with Crippen molar-refractivity contribution in [2.45, 2.75) is 18.7 Å². The lowest BCUT2D eigenvalue weighted by molar-refractivity contribution is -0.119. The Hall–Kier alpha value is -3.85. The largest absolute Gasteiger partial charge is 0.497 e. The first-order valence-electron chi connectivity index (χ1n) is 10.4. The van der Waals surface area contributed by atoms with Crippen LogP contribution in [0.2, 0.25) is 0 Å². The minimum absolute atomic E-state index is 0.0903. The fraction of sp³-hybridized carbons (Fsp3) is 0.200. The molecule has 0 aliphatic carbocycles. The van der Waals surface area contributed by atoms with E-state index in [2.05, 4.69) is 10.5 Å². The Labute approximate surface area is 199 Å². The second-order valence-corrected chi connectivity index (χ2v) is 9.36. The number of hydrazone groups is 1. The third-order valence-electron chi connectivity index (χ3n) is 5.23. The fourth-order valence-corrected chi connectivity index (χ4v) is 4.61. The molecule has 0 saturated carbocycles. The zero-order valence-corrected chi connectivity index (χ0v) is 20.3. The van der Waals surface area contributed by atoms with Gasteiger partial charge in [0.25, 0.3) is 15.9 Å². The maximum Gasteiger partial charge on any atom is 0.264 e. The molecule has 0 aliphatic rings. The van der Waals surface area contributed by atoms with Gasteiger partial charge in [-0.2, -0.15) is 5.10 Å². The van der Waals surface area contributed by atoms with E-state index in [0.717, 1.165) is 15.4 Å². The first-order valence-corrected chi connectivity index (χ1v) is 11.9. The molecular weight excluding hydrogens is 454 g/mol. The highest BCUT2D eigenvalue weighted by Gasteiger charge is 2.27. The van der Waals surface area contributed by atoms with Gasteiger partial charge in [-0.1, -0.05) is 24.3 Å². The summed E-state index contributed by atoms with van der Waals surface area (Å²) >= 11 is 0. The number of aryl methyl sites for hydroxylation is 2. The van der Waals surface area contributed by atoms with Crippen molar-refractivity contribution in [1.29, 1.82) is 0 Å². The van der Waals surface area contributed by atoms with E-state index in [-0.39, 0.29) is 4.90 Å². The number of sulfonamides is 1. The van der Waals surface area contributed by atoms with Crippen molar-refractivity contribution in [2.75, 3.05) is 25.1 Å². The molecule has 1 N–H and O–H groups in total. The molecule has 0 heterocycles. The Balaban J connectivity index is 1.84. The van der Waals surface area contributed by atoms with Crippen LogP contribution in [0.1, 0.15) is 16.7 Å². The zero-order valence-electron chi connectivity index (χ0n) is 19.5. The van der Waals surface area contributed by atoms with Gasteiger partial charge in [0.15, 0.2) is 0 Å². The second kappa shape index (κ2) is 10.8. The van der Waals surface area contributed by atoms with Gasteiger partial charge in [-0.15, -0.1) is 0 Å². The highest BCUT2D eigenvalue weighted by Crippen LogP contribution is 2.26. The van der Waals surface area contributed by atoms with E-state index in [1.165, 1.54) is 25.5 Å². The standard InChI is InChI=1S/C25H27N3O5S/c1-18-10-12-21(14-19(18)2)28(34(30,31)23-8-6-5-7-9-23)17-25(29)27-26-16-20-11-13-22(32-3)15-24(20)33-4/h5-16H,17H2,1-4H3,(H,27,29)/b26-16-. The highest BCUT2D eigenvalue weighted by molar-refractivity contribution is 7.92. The number of nitrogens with one attached hydrogen (secondary N) is 1. The third-order valence-corrected chi connectivity index (χ3v) is 7.02. The SMILES string of the molecule is COc1ccc(/C=N\NC(=O)CN(c2ccc(C)c(C)c2)S(=O)(=O)c2ccccc2)c(OC)c1.